The molecule has 1 aromatic carbocycles. The third-order valence-corrected chi connectivity index (χ3v) is 3.73. The van der Waals surface area contributed by atoms with E-state index in [1.165, 1.54) is 12.1 Å². The molecule has 0 aliphatic carbocycles. The third kappa shape index (κ3) is 8.92. The molecule has 2 aromatic rings. The molecule has 10 heteroatoms. The SMILES string of the molecule is CCNC(=NCc1ccccc1OC(F)(F)F)NCc1nccn1CC(C)C.I. The fourth-order valence-electron chi connectivity index (χ4n) is 2.59. The second-order valence-corrected chi connectivity index (χ2v) is 6.59. The number of alkyl halides is 3. The van der Waals surface area contributed by atoms with Gasteiger partial charge in [0.15, 0.2) is 5.96 Å². The summed E-state index contributed by atoms with van der Waals surface area (Å²) in [7, 11) is 0. The summed E-state index contributed by atoms with van der Waals surface area (Å²) >= 11 is 0. The topological polar surface area (TPSA) is 63.5 Å². The van der Waals surface area contributed by atoms with E-state index in [4.69, 9.17) is 0 Å². The highest BCUT2D eigenvalue weighted by Gasteiger charge is 2.31. The van der Waals surface area contributed by atoms with Crippen LogP contribution in [-0.4, -0.2) is 28.4 Å². The molecule has 0 saturated heterocycles. The molecule has 0 aliphatic heterocycles. The number of aromatic nitrogens is 2. The van der Waals surface area contributed by atoms with Gasteiger partial charge in [0.1, 0.15) is 11.6 Å². The number of imidazole rings is 1. The minimum absolute atomic E-state index is 0. The predicted molar refractivity (Wildman–Crippen MR) is 117 cm³/mol. The Kier molecular flexibility index (Phi) is 10.3. The molecule has 162 valence electrons. The lowest BCUT2D eigenvalue weighted by atomic mass is 10.2. The van der Waals surface area contributed by atoms with Gasteiger partial charge in [0, 0.05) is 31.0 Å². The molecule has 0 saturated carbocycles. The molecule has 2 rings (SSSR count). The number of nitrogens with zero attached hydrogens (tertiary/aromatic N) is 3. The molecule has 0 aliphatic rings. The van der Waals surface area contributed by atoms with E-state index in [1.54, 1.807) is 18.3 Å². The summed E-state index contributed by atoms with van der Waals surface area (Å²) in [6, 6.07) is 5.98. The van der Waals surface area contributed by atoms with Gasteiger partial charge >= 0.3 is 6.36 Å². The summed E-state index contributed by atoms with van der Waals surface area (Å²) in [5.41, 5.74) is 0.346. The van der Waals surface area contributed by atoms with E-state index < -0.39 is 6.36 Å². The average molecular weight is 525 g/mol. The molecule has 0 spiro atoms. The van der Waals surface area contributed by atoms with Gasteiger partial charge in [-0.1, -0.05) is 32.0 Å². The average Bonchev–Trinajstić information content (AvgIpc) is 3.03. The zero-order valence-electron chi connectivity index (χ0n) is 16.7. The summed E-state index contributed by atoms with van der Waals surface area (Å²) in [5, 5.41) is 6.25. The molecule has 2 N–H and O–H groups in total. The van der Waals surface area contributed by atoms with E-state index >= 15 is 0 Å². The molecule has 0 fully saturated rings. The molecule has 1 aromatic heterocycles. The first-order chi connectivity index (χ1) is 13.3. The summed E-state index contributed by atoms with van der Waals surface area (Å²) in [4.78, 5) is 8.72. The molecular weight excluding hydrogens is 498 g/mol. The van der Waals surface area contributed by atoms with E-state index in [0.29, 0.717) is 30.5 Å². The van der Waals surface area contributed by atoms with Crippen LogP contribution >= 0.6 is 24.0 Å². The highest BCUT2D eigenvalue weighted by atomic mass is 127. The standard InChI is InChI=1S/C19H26F3N5O.HI/c1-4-23-18(26-12-17-24-9-10-27(17)13-14(2)3)25-11-15-7-5-6-8-16(15)28-19(20,21)22;/h5-10,14H,4,11-13H2,1-3H3,(H2,23,25,26);1H. The van der Waals surface area contributed by atoms with Crippen LogP contribution in [0.15, 0.2) is 41.7 Å². The van der Waals surface area contributed by atoms with Gasteiger partial charge in [-0.05, 0) is 18.9 Å². The van der Waals surface area contributed by atoms with Crippen LogP contribution in [0.25, 0.3) is 0 Å². The van der Waals surface area contributed by atoms with E-state index in [1.807, 2.05) is 13.1 Å². The summed E-state index contributed by atoms with van der Waals surface area (Å²) in [6.45, 7) is 8.14. The fourth-order valence-corrected chi connectivity index (χ4v) is 2.59. The van der Waals surface area contributed by atoms with Crippen molar-refractivity contribution in [3.05, 3.63) is 48.0 Å². The van der Waals surface area contributed by atoms with Gasteiger partial charge in [-0.15, -0.1) is 37.1 Å². The Bertz CT molecular complexity index is 777. The number of ether oxygens (including phenoxy) is 1. The lowest BCUT2D eigenvalue weighted by Gasteiger charge is -2.15. The van der Waals surface area contributed by atoms with Crippen molar-refractivity contribution in [3.8, 4) is 5.75 Å². The molecule has 1 heterocycles. The Labute approximate surface area is 186 Å². The second kappa shape index (κ2) is 11.9. The molecule has 0 radical (unpaired) electrons. The quantitative estimate of drug-likeness (QED) is 0.307. The number of guanidine groups is 1. The highest BCUT2D eigenvalue weighted by molar-refractivity contribution is 14.0. The zero-order valence-corrected chi connectivity index (χ0v) is 19.0. The Morgan fingerprint density at radius 1 is 1.24 bits per heavy atom. The largest absolute Gasteiger partial charge is 0.573 e. The van der Waals surface area contributed by atoms with Gasteiger partial charge < -0.3 is 19.9 Å². The van der Waals surface area contributed by atoms with E-state index in [2.05, 4.69) is 43.8 Å². The number of nitrogens with one attached hydrogen (secondary N) is 2. The lowest BCUT2D eigenvalue weighted by Crippen LogP contribution is -2.37. The van der Waals surface area contributed by atoms with Crippen molar-refractivity contribution in [3.63, 3.8) is 0 Å². The monoisotopic (exact) mass is 525 g/mol. The van der Waals surface area contributed by atoms with Crippen molar-refractivity contribution in [2.75, 3.05) is 6.54 Å². The molecule has 29 heavy (non-hydrogen) atoms. The smallest absolute Gasteiger partial charge is 0.405 e. The van der Waals surface area contributed by atoms with Crippen LogP contribution in [-0.2, 0) is 19.6 Å². The maximum Gasteiger partial charge on any atom is 0.573 e. The maximum atomic E-state index is 12.6. The number of para-hydroxylation sites is 1. The number of hydrogen-bond donors (Lipinski definition) is 2. The predicted octanol–water partition coefficient (Wildman–Crippen LogP) is 4.31. The number of hydrogen-bond acceptors (Lipinski definition) is 3. The van der Waals surface area contributed by atoms with Crippen molar-refractivity contribution >= 4 is 29.9 Å². The van der Waals surface area contributed by atoms with Crippen LogP contribution in [0.4, 0.5) is 13.2 Å². The molecule has 6 nitrogen and oxygen atoms in total. The normalized spacial score (nSPS) is 11.9. The van der Waals surface area contributed by atoms with Gasteiger partial charge in [0.05, 0.1) is 13.1 Å². The van der Waals surface area contributed by atoms with Crippen LogP contribution < -0.4 is 15.4 Å². The first kappa shape index (κ1) is 25.1. The Balaban J connectivity index is 0.00000420. The van der Waals surface area contributed by atoms with Crippen molar-refractivity contribution < 1.29 is 17.9 Å². The van der Waals surface area contributed by atoms with Gasteiger partial charge in [-0.2, -0.15) is 0 Å². The molecular formula is C19H27F3IN5O. The van der Waals surface area contributed by atoms with Gasteiger partial charge in [-0.25, -0.2) is 9.98 Å². The minimum atomic E-state index is -4.74. The van der Waals surface area contributed by atoms with E-state index in [0.717, 1.165) is 12.4 Å². The van der Waals surface area contributed by atoms with E-state index in [9.17, 15) is 13.2 Å². The second-order valence-electron chi connectivity index (χ2n) is 6.59. The first-order valence-electron chi connectivity index (χ1n) is 9.14. The highest BCUT2D eigenvalue weighted by Crippen LogP contribution is 2.26. The van der Waals surface area contributed by atoms with Crippen LogP contribution in [0.1, 0.15) is 32.2 Å². The van der Waals surface area contributed by atoms with Gasteiger partial charge in [0.2, 0.25) is 0 Å². The Morgan fingerprint density at radius 2 is 1.97 bits per heavy atom. The lowest BCUT2D eigenvalue weighted by molar-refractivity contribution is -0.274. The van der Waals surface area contributed by atoms with E-state index in [-0.39, 0.29) is 36.3 Å². The molecule has 0 unspecified atom stereocenters. The van der Waals surface area contributed by atoms with Gasteiger partial charge in [-0.3, -0.25) is 0 Å². The van der Waals surface area contributed by atoms with Crippen molar-refractivity contribution in [2.24, 2.45) is 10.9 Å². The van der Waals surface area contributed by atoms with Crippen molar-refractivity contribution in [2.45, 2.75) is 46.8 Å². The van der Waals surface area contributed by atoms with Crippen LogP contribution in [0, 0.1) is 5.92 Å². The fraction of sp³-hybridized carbons (Fsp3) is 0.474. The number of benzene rings is 1. The minimum Gasteiger partial charge on any atom is -0.405 e. The Morgan fingerprint density at radius 3 is 2.62 bits per heavy atom. The summed E-state index contributed by atoms with van der Waals surface area (Å²) in [5.74, 6) is 1.59. The molecule has 0 atom stereocenters. The van der Waals surface area contributed by atoms with Gasteiger partial charge in [0.25, 0.3) is 0 Å². The van der Waals surface area contributed by atoms with Crippen molar-refractivity contribution in [1.82, 2.24) is 20.2 Å². The number of aliphatic imine (C=N–C) groups is 1. The third-order valence-electron chi connectivity index (χ3n) is 3.73. The first-order valence-corrected chi connectivity index (χ1v) is 9.14. The van der Waals surface area contributed by atoms with Crippen molar-refractivity contribution in [1.29, 1.82) is 0 Å². The summed E-state index contributed by atoms with van der Waals surface area (Å²) < 4.78 is 43.8. The summed E-state index contributed by atoms with van der Waals surface area (Å²) in [6.07, 6.45) is -1.07. The number of rotatable bonds is 8. The maximum absolute atomic E-state index is 12.6. The van der Waals surface area contributed by atoms with Crippen LogP contribution in [0.2, 0.25) is 0 Å². The molecule has 0 amide bonds. The zero-order chi connectivity index (χ0) is 20.6. The number of halogens is 4. The van der Waals surface area contributed by atoms with Crippen LogP contribution in [0.3, 0.4) is 0 Å². The van der Waals surface area contributed by atoms with Crippen LogP contribution in [0.5, 0.6) is 5.75 Å². The molecule has 0 bridgehead atoms. The Hall–Kier alpha value is -1.98.